The number of aromatic nitrogens is 2. The van der Waals surface area contributed by atoms with Crippen molar-refractivity contribution < 1.29 is 9.59 Å². The van der Waals surface area contributed by atoms with Crippen molar-refractivity contribution in [1.29, 1.82) is 0 Å². The van der Waals surface area contributed by atoms with Gasteiger partial charge in [-0.15, -0.1) is 0 Å². The minimum Gasteiger partial charge on any atom is -0.339 e. The summed E-state index contributed by atoms with van der Waals surface area (Å²) < 4.78 is 0. The fraction of sp³-hybridized carbons (Fsp3) is 0.217. The van der Waals surface area contributed by atoms with Crippen LogP contribution in [0.1, 0.15) is 54.1 Å². The molecule has 1 aromatic heterocycles. The predicted molar refractivity (Wildman–Crippen MR) is 115 cm³/mol. The first-order valence-corrected chi connectivity index (χ1v) is 9.34. The van der Waals surface area contributed by atoms with Crippen molar-refractivity contribution in [3.05, 3.63) is 77.7 Å². The lowest BCUT2D eigenvalue weighted by molar-refractivity contribution is 0.101. The van der Waals surface area contributed by atoms with Crippen LogP contribution < -0.4 is 10.6 Å². The highest BCUT2D eigenvalue weighted by Gasteiger charge is 2.14. The van der Waals surface area contributed by atoms with Gasteiger partial charge in [0.25, 0.3) is 5.91 Å². The van der Waals surface area contributed by atoms with E-state index in [1.54, 1.807) is 24.3 Å². The number of hydrogen-bond donors (Lipinski definition) is 2. The number of ketones is 1. The van der Waals surface area contributed by atoms with E-state index in [0.717, 1.165) is 5.69 Å². The summed E-state index contributed by atoms with van der Waals surface area (Å²) >= 11 is 0. The molecule has 1 amide bonds. The van der Waals surface area contributed by atoms with Crippen LogP contribution in [0, 0.1) is 0 Å². The van der Waals surface area contributed by atoms with Crippen LogP contribution in [-0.2, 0) is 5.41 Å². The zero-order chi connectivity index (χ0) is 21.0. The molecule has 0 aliphatic rings. The maximum absolute atomic E-state index is 12.4. The van der Waals surface area contributed by atoms with Gasteiger partial charge in [-0.25, -0.2) is 9.97 Å². The number of nitrogens with one attached hydrogen (secondary N) is 2. The molecule has 0 radical (unpaired) electrons. The van der Waals surface area contributed by atoms with Gasteiger partial charge in [-0.05, 0) is 54.3 Å². The lowest BCUT2D eigenvalue weighted by Gasteiger charge is -2.19. The van der Waals surface area contributed by atoms with Crippen molar-refractivity contribution in [3.8, 4) is 0 Å². The number of benzene rings is 2. The molecule has 148 valence electrons. The van der Waals surface area contributed by atoms with Gasteiger partial charge < -0.3 is 10.6 Å². The van der Waals surface area contributed by atoms with E-state index in [9.17, 15) is 9.59 Å². The summed E-state index contributed by atoms with van der Waals surface area (Å²) in [6, 6.07) is 14.8. The fourth-order valence-electron chi connectivity index (χ4n) is 2.69. The van der Waals surface area contributed by atoms with Crippen molar-refractivity contribution in [2.24, 2.45) is 0 Å². The third kappa shape index (κ3) is 5.25. The van der Waals surface area contributed by atoms with Crippen LogP contribution in [0.5, 0.6) is 0 Å². The van der Waals surface area contributed by atoms with Crippen molar-refractivity contribution in [2.45, 2.75) is 33.1 Å². The number of Topliss-reactive ketones (excluding diaryl/α,β-unsaturated/α-hetero) is 1. The van der Waals surface area contributed by atoms with Gasteiger partial charge >= 0.3 is 0 Å². The maximum Gasteiger partial charge on any atom is 0.275 e. The molecule has 3 aromatic rings. The number of amides is 1. The quantitative estimate of drug-likeness (QED) is 0.603. The summed E-state index contributed by atoms with van der Waals surface area (Å²) in [7, 11) is 0. The zero-order valence-electron chi connectivity index (χ0n) is 17.0. The Morgan fingerprint density at radius 2 is 1.45 bits per heavy atom. The Hall–Kier alpha value is -3.54. The average Bonchev–Trinajstić information content (AvgIpc) is 2.68. The molecular weight excluding hydrogens is 364 g/mol. The van der Waals surface area contributed by atoms with E-state index >= 15 is 0 Å². The van der Waals surface area contributed by atoms with Crippen LogP contribution in [0.25, 0.3) is 0 Å². The highest BCUT2D eigenvalue weighted by atomic mass is 16.2. The van der Waals surface area contributed by atoms with Crippen molar-refractivity contribution in [3.63, 3.8) is 0 Å². The molecule has 2 aromatic carbocycles. The number of carbonyl (C=O) groups is 2. The Kier molecular flexibility index (Phi) is 5.73. The van der Waals surface area contributed by atoms with Crippen LogP contribution in [0.2, 0.25) is 0 Å². The van der Waals surface area contributed by atoms with E-state index in [1.807, 2.05) is 24.3 Å². The van der Waals surface area contributed by atoms with Crippen LogP contribution in [0.4, 0.5) is 17.2 Å². The van der Waals surface area contributed by atoms with Crippen molar-refractivity contribution in [2.75, 3.05) is 10.6 Å². The van der Waals surface area contributed by atoms with Gasteiger partial charge in [0, 0.05) is 16.9 Å². The molecule has 1 heterocycles. The minimum absolute atomic E-state index is 0.0137. The molecule has 0 spiro atoms. The number of carbonyl (C=O) groups excluding carboxylic acids is 2. The van der Waals surface area contributed by atoms with Gasteiger partial charge in [0.15, 0.2) is 5.78 Å². The van der Waals surface area contributed by atoms with E-state index in [1.165, 1.54) is 24.9 Å². The van der Waals surface area contributed by atoms with Gasteiger partial charge in [-0.2, -0.15) is 0 Å². The molecule has 2 N–H and O–H groups in total. The van der Waals surface area contributed by atoms with Crippen molar-refractivity contribution in [1.82, 2.24) is 9.97 Å². The Morgan fingerprint density at radius 3 is 1.97 bits per heavy atom. The third-order valence-corrected chi connectivity index (χ3v) is 4.46. The minimum atomic E-state index is -0.321. The van der Waals surface area contributed by atoms with Gasteiger partial charge in [-0.1, -0.05) is 32.9 Å². The van der Waals surface area contributed by atoms with E-state index < -0.39 is 0 Å². The molecule has 0 aliphatic carbocycles. The molecular formula is C23H24N4O2. The molecule has 3 rings (SSSR count). The molecule has 0 unspecified atom stereocenters. The lowest BCUT2D eigenvalue weighted by Crippen LogP contribution is -2.15. The van der Waals surface area contributed by atoms with Gasteiger partial charge in [0.1, 0.15) is 11.5 Å². The van der Waals surface area contributed by atoms with Crippen molar-refractivity contribution >= 4 is 28.9 Å². The van der Waals surface area contributed by atoms with Gasteiger partial charge in [-0.3, -0.25) is 9.59 Å². The summed E-state index contributed by atoms with van der Waals surface area (Å²) in [6.45, 7) is 7.95. The molecule has 6 heteroatoms. The molecule has 0 aliphatic heterocycles. The first-order valence-electron chi connectivity index (χ1n) is 9.34. The van der Waals surface area contributed by atoms with E-state index in [2.05, 4.69) is 41.4 Å². The summed E-state index contributed by atoms with van der Waals surface area (Å²) in [5.74, 6) is 0.199. The van der Waals surface area contributed by atoms with Crippen LogP contribution >= 0.6 is 0 Å². The Balaban J connectivity index is 1.63. The molecule has 0 bridgehead atoms. The molecule has 6 nitrogen and oxygen atoms in total. The second-order valence-corrected chi connectivity index (χ2v) is 7.83. The average molecular weight is 388 g/mol. The summed E-state index contributed by atoms with van der Waals surface area (Å²) in [5, 5.41) is 5.92. The molecule has 0 saturated heterocycles. The molecule has 29 heavy (non-hydrogen) atoms. The molecule has 0 saturated carbocycles. The largest absolute Gasteiger partial charge is 0.339 e. The number of nitrogens with zero attached hydrogens (tertiary/aromatic N) is 2. The second kappa shape index (κ2) is 8.22. The van der Waals surface area contributed by atoms with Crippen LogP contribution in [0.15, 0.2) is 60.9 Å². The first kappa shape index (κ1) is 20.2. The topological polar surface area (TPSA) is 84.0 Å². The number of rotatable bonds is 5. The van der Waals surface area contributed by atoms with Gasteiger partial charge in [0.2, 0.25) is 0 Å². The second-order valence-electron chi connectivity index (χ2n) is 7.83. The summed E-state index contributed by atoms with van der Waals surface area (Å²) in [6.07, 6.45) is 2.92. The first-order chi connectivity index (χ1) is 13.7. The monoisotopic (exact) mass is 388 g/mol. The summed E-state index contributed by atoms with van der Waals surface area (Å²) in [4.78, 5) is 32.1. The fourth-order valence-corrected chi connectivity index (χ4v) is 2.69. The predicted octanol–water partition coefficient (Wildman–Crippen LogP) is 4.97. The highest BCUT2D eigenvalue weighted by molar-refractivity contribution is 6.02. The number of anilines is 3. The van der Waals surface area contributed by atoms with E-state index in [4.69, 9.17) is 0 Å². The van der Waals surface area contributed by atoms with Crippen LogP contribution in [0.3, 0.4) is 0 Å². The maximum atomic E-state index is 12.4. The number of hydrogen-bond acceptors (Lipinski definition) is 5. The van der Waals surface area contributed by atoms with E-state index in [0.29, 0.717) is 17.1 Å². The highest BCUT2D eigenvalue weighted by Crippen LogP contribution is 2.23. The smallest absolute Gasteiger partial charge is 0.275 e. The van der Waals surface area contributed by atoms with E-state index in [-0.39, 0.29) is 22.8 Å². The Morgan fingerprint density at radius 1 is 0.828 bits per heavy atom. The summed E-state index contributed by atoms with van der Waals surface area (Å²) in [5.41, 5.74) is 3.61. The van der Waals surface area contributed by atoms with Gasteiger partial charge in [0.05, 0.1) is 12.4 Å². The standard InChI is InChI=1S/C23H24N4O2/c1-15(28)16-5-9-18(10-6-16)26-21-14-24-20(13-25-21)22(29)27-19-11-7-17(8-12-19)23(2,3)4/h5-14H,1-4H3,(H,25,26)(H,27,29). The zero-order valence-corrected chi connectivity index (χ0v) is 17.0. The Labute approximate surface area is 170 Å². The lowest BCUT2D eigenvalue weighted by atomic mass is 9.87. The normalized spacial score (nSPS) is 11.0. The SMILES string of the molecule is CC(=O)c1ccc(Nc2cnc(C(=O)Nc3ccc(C(C)(C)C)cc3)cn2)cc1. The molecule has 0 atom stereocenters. The van der Waals surface area contributed by atoms with Crippen LogP contribution in [-0.4, -0.2) is 21.7 Å². The third-order valence-electron chi connectivity index (χ3n) is 4.46. The Bertz CT molecular complexity index is 1000. The molecule has 0 fully saturated rings.